The molecule has 0 aliphatic carbocycles. The molecule has 2 aromatic rings. The fraction of sp³-hybridized carbons (Fsp3) is 0.222. The number of rotatable bonds is 6. The standard InChI is InChI=1S/C18H20O2/c1-14(13-17(19)15-9-5-3-6-10-15)18(20-2)16-11-7-4-8-12-16/h3-12,17-19H,1,13H2,2H3/t17-,18-/m0/s1. The van der Waals surface area contributed by atoms with E-state index in [1.54, 1.807) is 7.11 Å². The Hall–Kier alpha value is -1.90. The Morgan fingerprint density at radius 1 is 1.00 bits per heavy atom. The van der Waals surface area contributed by atoms with Gasteiger partial charge in [-0.05, 0) is 16.7 Å². The van der Waals surface area contributed by atoms with E-state index in [1.165, 1.54) is 0 Å². The molecule has 0 fully saturated rings. The van der Waals surface area contributed by atoms with Crippen molar-refractivity contribution in [2.45, 2.75) is 18.6 Å². The van der Waals surface area contributed by atoms with Crippen molar-refractivity contribution in [3.63, 3.8) is 0 Å². The first kappa shape index (κ1) is 14.5. The van der Waals surface area contributed by atoms with Crippen LogP contribution in [-0.4, -0.2) is 12.2 Å². The predicted molar refractivity (Wildman–Crippen MR) is 81.4 cm³/mol. The van der Waals surface area contributed by atoms with Crippen LogP contribution in [-0.2, 0) is 4.74 Å². The third-order valence-corrected chi connectivity index (χ3v) is 3.35. The molecule has 0 aliphatic rings. The third kappa shape index (κ3) is 3.56. The smallest absolute Gasteiger partial charge is 0.103 e. The highest BCUT2D eigenvalue weighted by atomic mass is 16.5. The van der Waals surface area contributed by atoms with Gasteiger partial charge in [0.15, 0.2) is 0 Å². The van der Waals surface area contributed by atoms with Gasteiger partial charge in [0.25, 0.3) is 0 Å². The van der Waals surface area contributed by atoms with Crippen LogP contribution < -0.4 is 0 Å². The molecule has 2 atom stereocenters. The molecule has 20 heavy (non-hydrogen) atoms. The predicted octanol–water partition coefficient (Wildman–Crippen LogP) is 4.05. The van der Waals surface area contributed by atoms with Crippen molar-refractivity contribution in [2.24, 2.45) is 0 Å². The molecule has 0 aliphatic heterocycles. The lowest BCUT2D eigenvalue weighted by molar-refractivity contribution is 0.114. The zero-order chi connectivity index (χ0) is 14.4. The summed E-state index contributed by atoms with van der Waals surface area (Å²) in [5.74, 6) is 0. The van der Waals surface area contributed by atoms with Crippen molar-refractivity contribution in [1.82, 2.24) is 0 Å². The summed E-state index contributed by atoms with van der Waals surface area (Å²) in [6.45, 7) is 4.08. The normalized spacial score (nSPS) is 13.7. The Labute approximate surface area is 120 Å². The Bertz CT molecular complexity index is 534. The maximum Gasteiger partial charge on any atom is 0.103 e. The first-order valence-corrected chi connectivity index (χ1v) is 6.70. The molecule has 1 N–H and O–H groups in total. The lowest BCUT2D eigenvalue weighted by atomic mass is 9.95. The molecule has 2 nitrogen and oxygen atoms in total. The summed E-state index contributed by atoms with van der Waals surface area (Å²) < 4.78 is 5.52. The second-order valence-corrected chi connectivity index (χ2v) is 4.82. The molecule has 0 saturated carbocycles. The molecule has 104 valence electrons. The van der Waals surface area contributed by atoms with Crippen LogP contribution in [0.4, 0.5) is 0 Å². The van der Waals surface area contributed by atoms with Gasteiger partial charge in [0.1, 0.15) is 6.10 Å². The van der Waals surface area contributed by atoms with E-state index in [4.69, 9.17) is 4.74 Å². The zero-order valence-corrected chi connectivity index (χ0v) is 11.7. The van der Waals surface area contributed by atoms with E-state index in [0.29, 0.717) is 6.42 Å². The van der Waals surface area contributed by atoms with Gasteiger partial charge in [0, 0.05) is 13.5 Å². The van der Waals surface area contributed by atoms with E-state index < -0.39 is 6.10 Å². The summed E-state index contributed by atoms with van der Waals surface area (Å²) in [6, 6.07) is 19.6. The van der Waals surface area contributed by atoms with Gasteiger partial charge in [-0.15, -0.1) is 0 Å². The number of hydrogen-bond donors (Lipinski definition) is 1. The van der Waals surface area contributed by atoms with Crippen molar-refractivity contribution in [3.8, 4) is 0 Å². The van der Waals surface area contributed by atoms with Crippen LogP contribution in [0.25, 0.3) is 0 Å². The van der Waals surface area contributed by atoms with Crippen molar-refractivity contribution in [3.05, 3.63) is 83.9 Å². The number of methoxy groups -OCH3 is 1. The van der Waals surface area contributed by atoms with Gasteiger partial charge < -0.3 is 9.84 Å². The van der Waals surface area contributed by atoms with Gasteiger partial charge in [-0.25, -0.2) is 0 Å². The molecule has 2 rings (SSSR count). The maximum absolute atomic E-state index is 10.3. The van der Waals surface area contributed by atoms with Gasteiger partial charge in [-0.3, -0.25) is 0 Å². The molecule has 2 heteroatoms. The number of benzene rings is 2. The summed E-state index contributed by atoms with van der Waals surface area (Å²) in [5, 5.41) is 10.3. The minimum absolute atomic E-state index is 0.186. The second kappa shape index (κ2) is 7.04. The van der Waals surface area contributed by atoms with E-state index in [-0.39, 0.29) is 6.10 Å². The van der Waals surface area contributed by atoms with Gasteiger partial charge in [0.05, 0.1) is 6.10 Å². The summed E-state index contributed by atoms with van der Waals surface area (Å²) in [6.07, 6.45) is -0.253. The quantitative estimate of drug-likeness (QED) is 0.801. The van der Waals surface area contributed by atoms with Gasteiger partial charge in [0.2, 0.25) is 0 Å². The van der Waals surface area contributed by atoms with Crippen molar-refractivity contribution >= 4 is 0 Å². The zero-order valence-electron chi connectivity index (χ0n) is 11.7. The highest BCUT2D eigenvalue weighted by Gasteiger charge is 2.18. The molecule has 0 unspecified atom stereocenters. The van der Waals surface area contributed by atoms with Gasteiger partial charge in [-0.2, -0.15) is 0 Å². The molecule has 0 heterocycles. The van der Waals surface area contributed by atoms with Crippen LogP contribution in [0.5, 0.6) is 0 Å². The van der Waals surface area contributed by atoms with Crippen molar-refractivity contribution < 1.29 is 9.84 Å². The van der Waals surface area contributed by atoms with E-state index in [9.17, 15) is 5.11 Å². The highest BCUT2D eigenvalue weighted by molar-refractivity contribution is 5.27. The van der Waals surface area contributed by atoms with E-state index >= 15 is 0 Å². The Kier molecular flexibility index (Phi) is 5.10. The minimum Gasteiger partial charge on any atom is -0.388 e. The Balaban J connectivity index is 2.07. The first-order chi connectivity index (χ1) is 9.72. The van der Waals surface area contributed by atoms with Crippen LogP contribution in [0.1, 0.15) is 29.8 Å². The van der Waals surface area contributed by atoms with Crippen LogP contribution in [0, 0.1) is 0 Å². The first-order valence-electron chi connectivity index (χ1n) is 6.70. The van der Waals surface area contributed by atoms with Crippen LogP contribution in [0.15, 0.2) is 72.8 Å². The van der Waals surface area contributed by atoms with Gasteiger partial charge in [-0.1, -0.05) is 67.2 Å². The highest BCUT2D eigenvalue weighted by Crippen LogP contribution is 2.30. The van der Waals surface area contributed by atoms with Crippen molar-refractivity contribution in [1.29, 1.82) is 0 Å². The molecule has 0 bridgehead atoms. The SMILES string of the molecule is C=C(C[C@H](O)c1ccccc1)[C@H](OC)c1ccccc1. The minimum atomic E-state index is -0.551. The third-order valence-electron chi connectivity index (χ3n) is 3.35. The van der Waals surface area contributed by atoms with Crippen LogP contribution in [0.3, 0.4) is 0 Å². The topological polar surface area (TPSA) is 29.5 Å². The molecular weight excluding hydrogens is 248 g/mol. The molecule has 0 amide bonds. The number of aliphatic hydroxyl groups excluding tert-OH is 1. The summed E-state index contributed by atoms with van der Waals surface area (Å²) in [7, 11) is 1.66. The average molecular weight is 268 g/mol. The Morgan fingerprint density at radius 3 is 2.00 bits per heavy atom. The molecule has 0 radical (unpaired) electrons. The number of ether oxygens (including phenoxy) is 1. The van der Waals surface area contributed by atoms with E-state index in [1.807, 2.05) is 60.7 Å². The molecule has 2 aromatic carbocycles. The summed E-state index contributed by atoms with van der Waals surface area (Å²) in [5.41, 5.74) is 2.83. The number of aliphatic hydroxyl groups is 1. The number of hydrogen-bond acceptors (Lipinski definition) is 2. The molecule has 0 spiro atoms. The largest absolute Gasteiger partial charge is 0.388 e. The molecule has 0 saturated heterocycles. The second-order valence-electron chi connectivity index (χ2n) is 4.82. The summed E-state index contributed by atoms with van der Waals surface area (Å²) in [4.78, 5) is 0. The maximum atomic E-state index is 10.3. The molecular formula is C18H20O2. The van der Waals surface area contributed by atoms with Crippen LogP contribution >= 0.6 is 0 Å². The summed E-state index contributed by atoms with van der Waals surface area (Å²) >= 11 is 0. The monoisotopic (exact) mass is 268 g/mol. The lowest BCUT2D eigenvalue weighted by Gasteiger charge is -2.21. The van der Waals surface area contributed by atoms with Gasteiger partial charge >= 0.3 is 0 Å². The van der Waals surface area contributed by atoms with E-state index in [0.717, 1.165) is 16.7 Å². The van der Waals surface area contributed by atoms with E-state index in [2.05, 4.69) is 6.58 Å². The molecule has 0 aromatic heterocycles. The lowest BCUT2D eigenvalue weighted by Crippen LogP contribution is -2.08. The Morgan fingerprint density at radius 2 is 1.50 bits per heavy atom. The van der Waals surface area contributed by atoms with Crippen molar-refractivity contribution in [2.75, 3.05) is 7.11 Å². The fourth-order valence-corrected chi connectivity index (χ4v) is 2.31. The fourth-order valence-electron chi connectivity index (χ4n) is 2.31. The average Bonchev–Trinajstić information content (AvgIpc) is 2.50. The van der Waals surface area contributed by atoms with Crippen LogP contribution in [0.2, 0.25) is 0 Å².